The first kappa shape index (κ1) is 20.0. The molecule has 4 N–H and O–H groups in total. The Morgan fingerprint density at radius 2 is 1.77 bits per heavy atom. The van der Waals surface area contributed by atoms with Crippen LogP contribution in [0.25, 0.3) is 11.0 Å². The van der Waals surface area contributed by atoms with Crippen molar-refractivity contribution in [3.8, 4) is 11.5 Å². The van der Waals surface area contributed by atoms with Gasteiger partial charge < -0.3 is 24.8 Å². The Hall–Kier alpha value is -3.31. The van der Waals surface area contributed by atoms with Gasteiger partial charge in [0.15, 0.2) is 11.5 Å². The van der Waals surface area contributed by atoms with Crippen molar-refractivity contribution >= 4 is 32.7 Å². The van der Waals surface area contributed by atoms with Crippen molar-refractivity contribution in [1.82, 2.24) is 14.7 Å². The summed E-state index contributed by atoms with van der Waals surface area (Å²) in [5, 5.41) is 2.63. The number of benzene rings is 2. The number of aromatic nitrogens is 2. The number of rotatable bonds is 5. The van der Waals surface area contributed by atoms with Crippen LogP contribution in [0.1, 0.15) is 13.3 Å². The number of hydrogen-bond acceptors (Lipinski definition) is 6. The molecule has 0 bridgehead atoms. The molecule has 0 aliphatic carbocycles. The molecule has 30 heavy (non-hydrogen) atoms. The number of carbonyl (C=O) groups is 1. The maximum Gasteiger partial charge on any atom is 0.323 e. The number of aromatic amines is 2. The molecule has 2 aromatic carbocycles. The molecule has 1 aliphatic rings. The maximum atomic E-state index is 12.7. The molecule has 1 atom stereocenters. The number of H-pyrrole nitrogens is 2. The lowest BCUT2D eigenvalue weighted by Crippen LogP contribution is -2.41. The third kappa shape index (κ3) is 4.16. The van der Waals surface area contributed by atoms with E-state index in [2.05, 4.69) is 20.0 Å². The summed E-state index contributed by atoms with van der Waals surface area (Å²) >= 11 is 0. The molecule has 1 aliphatic heterocycles. The average Bonchev–Trinajstić information content (AvgIpc) is 2.91. The fourth-order valence-corrected chi connectivity index (χ4v) is 4.24. The van der Waals surface area contributed by atoms with E-state index in [4.69, 9.17) is 9.47 Å². The van der Waals surface area contributed by atoms with Crippen LogP contribution in [0.4, 0.5) is 5.69 Å². The zero-order chi connectivity index (χ0) is 21.3. The largest absolute Gasteiger partial charge is 0.490 e. The minimum absolute atomic E-state index is 0.0299. The van der Waals surface area contributed by atoms with Crippen molar-refractivity contribution in [3.63, 3.8) is 0 Å². The molecule has 0 fully saturated rings. The molecule has 1 amide bonds. The Balaban J connectivity index is 1.47. The summed E-state index contributed by atoms with van der Waals surface area (Å²) in [4.78, 5) is 29.0. The molecule has 4 rings (SSSR count). The number of ether oxygens (including phenoxy) is 2. The third-order valence-electron chi connectivity index (χ3n) is 4.54. The first-order valence-electron chi connectivity index (χ1n) is 9.27. The topological polar surface area (TPSA) is 142 Å². The normalized spacial score (nSPS) is 14.8. The zero-order valence-corrected chi connectivity index (χ0v) is 16.8. The fourth-order valence-electron chi connectivity index (χ4n) is 3.03. The predicted molar refractivity (Wildman–Crippen MR) is 109 cm³/mol. The minimum Gasteiger partial charge on any atom is -0.490 e. The number of hydrogen-bond donors (Lipinski definition) is 4. The highest BCUT2D eigenvalue weighted by Gasteiger charge is 2.24. The second-order valence-electron chi connectivity index (χ2n) is 6.83. The summed E-state index contributed by atoms with van der Waals surface area (Å²) in [7, 11) is -3.97. The molecule has 0 unspecified atom stereocenters. The van der Waals surface area contributed by atoms with E-state index in [1.165, 1.54) is 25.1 Å². The van der Waals surface area contributed by atoms with Gasteiger partial charge in [-0.05, 0) is 37.3 Å². The van der Waals surface area contributed by atoms with E-state index in [-0.39, 0.29) is 10.6 Å². The molecule has 0 spiro atoms. The third-order valence-corrected chi connectivity index (χ3v) is 6.08. The van der Waals surface area contributed by atoms with E-state index in [1.54, 1.807) is 18.2 Å². The van der Waals surface area contributed by atoms with Gasteiger partial charge in [0, 0.05) is 18.2 Å². The van der Waals surface area contributed by atoms with Gasteiger partial charge in [-0.2, -0.15) is 4.72 Å². The molecule has 10 nitrogen and oxygen atoms in total. The molecule has 1 aromatic heterocycles. The van der Waals surface area contributed by atoms with Crippen LogP contribution in [0, 0.1) is 0 Å². The van der Waals surface area contributed by atoms with E-state index < -0.39 is 22.0 Å². The number of nitrogens with one attached hydrogen (secondary N) is 4. The standard InChI is InChI=1S/C19H20N4O6S/c1-11(18(24)20-12-3-5-14-15(9-12)22-19(25)21-14)23-30(26,27)13-4-6-16-17(10-13)29-8-2-7-28-16/h3-6,9-11,23H,2,7-8H2,1H3,(H,20,24)(H2,21,22,25)/t11-/m0/s1. The molecular weight excluding hydrogens is 412 g/mol. The van der Waals surface area contributed by atoms with Crippen molar-refractivity contribution in [2.24, 2.45) is 0 Å². The van der Waals surface area contributed by atoms with Gasteiger partial charge in [-0.1, -0.05) is 0 Å². The molecule has 0 radical (unpaired) electrons. The quantitative estimate of drug-likeness (QED) is 0.479. The molecule has 3 aromatic rings. The molecule has 0 saturated carbocycles. The first-order valence-corrected chi connectivity index (χ1v) is 10.7. The summed E-state index contributed by atoms with van der Waals surface area (Å²) in [5.41, 5.74) is 1.19. The van der Waals surface area contributed by atoms with Crippen LogP contribution in [0.5, 0.6) is 11.5 Å². The van der Waals surface area contributed by atoms with Crippen molar-refractivity contribution < 1.29 is 22.7 Å². The van der Waals surface area contributed by atoms with Crippen LogP contribution >= 0.6 is 0 Å². The van der Waals surface area contributed by atoms with Gasteiger partial charge in [0.25, 0.3) is 0 Å². The van der Waals surface area contributed by atoms with Crippen LogP contribution in [-0.4, -0.2) is 43.5 Å². The van der Waals surface area contributed by atoms with Crippen LogP contribution in [0.2, 0.25) is 0 Å². The molecule has 158 valence electrons. The number of amides is 1. The first-order chi connectivity index (χ1) is 14.3. The van der Waals surface area contributed by atoms with Crippen molar-refractivity contribution in [3.05, 3.63) is 46.9 Å². The second-order valence-corrected chi connectivity index (χ2v) is 8.54. The summed E-state index contributed by atoms with van der Waals surface area (Å²) < 4.78 is 38.8. The van der Waals surface area contributed by atoms with Crippen LogP contribution < -0.4 is 25.2 Å². The van der Waals surface area contributed by atoms with Crippen LogP contribution in [0.3, 0.4) is 0 Å². The van der Waals surface area contributed by atoms with Gasteiger partial charge in [-0.3, -0.25) is 4.79 Å². The summed E-state index contributed by atoms with van der Waals surface area (Å²) in [6.45, 7) is 2.36. The highest BCUT2D eigenvalue weighted by molar-refractivity contribution is 7.89. The van der Waals surface area contributed by atoms with Gasteiger partial charge in [0.2, 0.25) is 15.9 Å². The van der Waals surface area contributed by atoms with Gasteiger partial charge in [0.1, 0.15) is 0 Å². The Morgan fingerprint density at radius 3 is 2.57 bits per heavy atom. The molecular formula is C19H20N4O6S. The van der Waals surface area contributed by atoms with E-state index in [9.17, 15) is 18.0 Å². The molecule has 0 saturated heterocycles. The Labute approximate surface area is 171 Å². The Kier molecular flexibility index (Phi) is 5.22. The summed E-state index contributed by atoms with van der Waals surface area (Å²) in [5.74, 6) is 0.280. The number of sulfonamides is 1. The van der Waals surface area contributed by atoms with Gasteiger partial charge >= 0.3 is 5.69 Å². The highest BCUT2D eigenvalue weighted by Crippen LogP contribution is 2.31. The van der Waals surface area contributed by atoms with E-state index in [0.717, 1.165) is 0 Å². The van der Waals surface area contributed by atoms with Crippen molar-refractivity contribution in [2.45, 2.75) is 24.3 Å². The minimum atomic E-state index is -3.97. The molecule has 11 heteroatoms. The van der Waals surface area contributed by atoms with Crippen LogP contribution in [0.15, 0.2) is 46.1 Å². The van der Waals surface area contributed by atoms with E-state index >= 15 is 0 Å². The van der Waals surface area contributed by atoms with Gasteiger partial charge in [-0.15, -0.1) is 0 Å². The lowest BCUT2D eigenvalue weighted by atomic mass is 10.2. The van der Waals surface area contributed by atoms with Crippen LogP contribution in [-0.2, 0) is 14.8 Å². The lowest BCUT2D eigenvalue weighted by molar-refractivity contribution is -0.117. The predicted octanol–water partition coefficient (Wildman–Crippen LogP) is 1.32. The number of carbonyl (C=O) groups excluding carboxylic acids is 1. The fraction of sp³-hybridized carbons (Fsp3) is 0.263. The maximum absolute atomic E-state index is 12.7. The smallest absolute Gasteiger partial charge is 0.323 e. The second kappa shape index (κ2) is 7.84. The number of anilines is 1. The zero-order valence-electron chi connectivity index (χ0n) is 16.0. The Bertz CT molecular complexity index is 1260. The average molecular weight is 432 g/mol. The van der Waals surface area contributed by atoms with E-state index in [1.807, 2.05) is 0 Å². The van der Waals surface area contributed by atoms with Gasteiger partial charge in [0.05, 0.1) is 35.2 Å². The highest BCUT2D eigenvalue weighted by atomic mass is 32.2. The lowest BCUT2D eigenvalue weighted by Gasteiger charge is -2.15. The number of fused-ring (bicyclic) bond motifs is 2. The Morgan fingerprint density at radius 1 is 1.03 bits per heavy atom. The van der Waals surface area contributed by atoms with E-state index in [0.29, 0.717) is 47.9 Å². The summed E-state index contributed by atoms with van der Waals surface area (Å²) in [6, 6.07) is 8.08. The van der Waals surface area contributed by atoms with Crippen molar-refractivity contribution in [2.75, 3.05) is 18.5 Å². The number of imidazole rings is 1. The summed E-state index contributed by atoms with van der Waals surface area (Å²) in [6.07, 6.45) is 0.703. The van der Waals surface area contributed by atoms with Gasteiger partial charge in [-0.25, -0.2) is 13.2 Å². The SMILES string of the molecule is C[C@H](NS(=O)(=O)c1ccc2c(c1)OCCCO2)C(=O)Nc1ccc2[nH]c(=O)[nH]c2c1. The van der Waals surface area contributed by atoms with Crippen molar-refractivity contribution in [1.29, 1.82) is 0 Å². The molecule has 2 heterocycles. The monoisotopic (exact) mass is 432 g/mol.